The number of benzene rings is 1. The molecule has 12 heteroatoms. The summed E-state index contributed by atoms with van der Waals surface area (Å²) in [6.07, 6.45) is -3.37. The van der Waals surface area contributed by atoms with Gasteiger partial charge in [0.05, 0.1) is 37.6 Å². The minimum absolute atomic E-state index is 0.0145. The zero-order chi connectivity index (χ0) is 27.7. The minimum Gasteiger partial charge on any atom is -0.331 e. The average Bonchev–Trinajstić information content (AvgIpc) is 3.73. The van der Waals surface area contributed by atoms with Crippen molar-refractivity contribution in [2.24, 2.45) is 10.8 Å². The van der Waals surface area contributed by atoms with Gasteiger partial charge in [0.15, 0.2) is 15.6 Å². The second-order valence-electron chi connectivity index (χ2n) is 10.7. The van der Waals surface area contributed by atoms with Gasteiger partial charge in [-0.05, 0) is 69.2 Å². The molecule has 2 saturated carbocycles. The van der Waals surface area contributed by atoms with Gasteiger partial charge in [-0.2, -0.15) is 18.4 Å². The monoisotopic (exact) mass is 565 g/mol. The highest BCUT2D eigenvalue weighted by Gasteiger charge is 2.70. The molecule has 1 saturated heterocycles. The Hall–Kier alpha value is -2.78. The fourth-order valence-corrected chi connectivity index (χ4v) is 7.99. The van der Waals surface area contributed by atoms with Crippen molar-refractivity contribution in [2.75, 3.05) is 6.54 Å². The number of carbonyl (C=O) groups is 2. The number of ketones is 1. The third-order valence-electron chi connectivity index (χ3n) is 8.03. The van der Waals surface area contributed by atoms with Crippen molar-refractivity contribution >= 4 is 32.9 Å². The van der Waals surface area contributed by atoms with E-state index in [0.29, 0.717) is 18.4 Å². The van der Waals surface area contributed by atoms with Crippen LogP contribution in [-0.2, 0) is 19.4 Å². The topological polar surface area (TPSA) is 108 Å². The third-order valence-corrected chi connectivity index (χ3v) is 11.3. The quantitative estimate of drug-likeness (QED) is 0.478. The maximum absolute atomic E-state index is 13.8. The number of aromatic nitrogens is 1. The number of hydrogen-bond acceptors (Lipinski definition) is 7. The Bertz CT molecular complexity index is 1470. The van der Waals surface area contributed by atoms with E-state index in [1.165, 1.54) is 17.4 Å². The first-order valence-corrected chi connectivity index (χ1v) is 14.7. The third kappa shape index (κ3) is 4.43. The van der Waals surface area contributed by atoms with Crippen molar-refractivity contribution in [3.05, 3.63) is 35.0 Å². The Morgan fingerprint density at radius 1 is 1.21 bits per heavy atom. The fraction of sp³-hybridized carbons (Fsp3) is 0.538. The summed E-state index contributed by atoms with van der Waals surface area (Å²) in [6, 6.07) is 5.60. The number of thiazole rings is 1. The Morgan fingerprint density at radius 3 is 2.39 bits per heavy atom. The second-order valence-corrected chi connectivity index (χ2v) is 14.1. The summed E-state index contributed by atoms with van der Waals surface area (Å²) in [7, 11) is -4.09. The SMILES string of the molecule is Cc1ncc(-c2ccc(S(=O)(=O)[C@@H]3C[C@@H](C(=O)CC4(C#N)CC4)N(C(=O)C4(C(F)(F)F)CC4)C3)c(C)c2)s1. The van der Waals surface area contributed by atoms with Crippen LogP contribution < -0.4 is 0 Å². The standard InChI is InChI=1S/C26H26F3N3O4S2/c1-15-9-17(21-12-31-16(2)37-21)3-4-22(15)38(35,36)18-10-19(20(33)11-24(14-30)5-6-24)32(13-18)23(34)25(7-8-25)26(27,28)29/h3-4,9,12,18-19H,5-8,10-11,13H2,1-2H3/t18-,19+/m1/s1. The molecule has 3 fully saturated rings. The lowest BCUT2D eigenvalue weighted by Gasteiger charge is -2.29. The molecule has 0 spiro atoms. The van der Waals surface area contributed by atoms with Crippen LogP contribution in [0.4, 0.5) is 13.2 Å². The lowest BCUT2D eigenvalue weighted by atomic mass is 9.95. The Morgan fingerprint density at radius 2 is 1.89 bits per heavy atom. The van der Waals surface area contributed by atoms with Gasteiger partial charge in [-0.3, -0.25) is 9.59 Å². The highest BCUT2D eigenvalue weighted by Crippen LogP contribution is 2.59. The molecule has 0 bridgehead atoms. The molecule has 7 nitrogen and oxygen atoms in total. The molecule has 1 aromatic heterocycles. The Balaban J connectivity index is 1.45. The molecule has 2 aromatic rings. The fourth-order valence-electron chi connectivity index (χ4n) is 5.30. The number of nitrogens with zero attached hydrogens (tertiary/aromatic N) is 3. The van der Waals surface area contributed by atoms with Crippen molar-refractivity contribution in [2.45, 2.75) is 74.7 Å². The normalized spacial score (nSPS) is 23.6. The summed E-state index contributed by atoms with van der Waals surface area (Å²) in [4.78, 5) is 32.4. The number of hydrogen-bond donors (Lipinski definition) is 0. The van der Waals surface area contributed by atoms with Gasteiger partial charge < -0.3 is 4.90 Å². The zero-order valence-corrected chi connectivity index (χ0v) is 22.5. The molecule has 202 valence electrons. The van der Waals surface area contributed by atoms with Gasteiger partial charge in [-0.1, -0.05) is 6.07 Å². The molecule has 1 aliphatic heterocycles. The van der Waals surface area contributed by atoms with Gasteiger partial charge >= 0.3 is 6.18 Å². The molecule has 2 heterocycles. The van der Waals surface area contributed by atoms with Gasteiger partial charge in [-0.25, -0.2) is 13.4 Å². The van der Waals surface area contributed by atoms with Crippen LogP contribution in [-0.4, -0.2) is 54.0 Å². The van der Waals surface area contributed by atoms with Crippen molar-refractivity contribution in [1.82, 2.24) is 9.88 Å². The van der Waals surface area contributed by atoms with E-state index >= 15 is 0 Å². The van der Waals surface area contributed by atoms with Gasteiger partial charge in [0, 0.05) is 19.2 Å². The van der Waals surface area contributed by atoms with E-state index in [4.69, 9.17) is 0 Å². The zero-order valence-electron chi connectivity index (χ0n) is 20.8. The van der Waals surface area contributed by atoms with E-state index < -0.39 is 56.4 Å². The van der Waals surface area contributed by atoms with E-state index in [1.54, 1.807) is 25.3 Å². The summed E-state index contributed by atoms with van der Waals surface area (Å²) in [5.41, 5.74) is -2.20. The molecular weight excluding hydrogens is 539 g/mol. The van der Waals surface area contributed by atoms with Crippen LogP contribution in [0.2, 0.25) is 0 Å². The molecule has 2 aliphatic carbocycles. The number of amides is 1. The van der Waals surface area contributed by atoms with Crippen LogP contribution in [0, 0.1) is 36.0 Å². The van der Waals surface area contributed by atoms with Gasteiger partial charge in [0.1, 0.15) is 5.41 Å². The van der Waals surface area contributed by atoms with Crippen LogP contribution in [0.5, 0.6) is 0 Å². The molecule has 2 atom stereocenters. The van der Waals surface area contributed by atoms with Gasteiger partial charge in [-0.15, -0.1) is 11.3 Å². The van der Waals surface area contributed by atoms with Crippen molar-refractivity contribution in [1.29, 1.82) is 5.26 Å². The van der Waals surface area contributed by atoms with E-state index in [1.807, 2.05) is 6.92 Å². The Kier molecular flexibility index (Phi) is 6.26. The number of alkyl halides is 3. The number of likely N-dealkylation sites (tertiary alicyclic amines) is 1. The van der Waals surface area contributed by atoms with Gasteiger partial charge in [0.2, 0.25) is 5.91 Å². The van der Waals surface area contributed by atoms with Crippen LogP contribution in [0.3, 0.4) is 0 Å². The van der Waals surface area contributed by atoms with E-state index in [9.17, 15) is 36.4 Å². The van der Waals surface area contributed by atoms with Crippen LogP contribution >= 0.6 is 11.3 Å². The number of halogens is 3. The molecule has 3 aliphatic rings. The number of sulfone groups is 1. The predicted molar refractivity (Wildman–Crippen MR) is 133 cm³/mol. The average molecular weight is 566 g/mol. The number of carbonyl (C=O) groups excluding carboxylic acids is 2. The molecule has 1 aromatic carbocycles. The number of rotatable bonds is 7. The highest BCUT2D eigenvalue weighted by molar-refractivity contribution is 7.92. The first kappa shape index (κ1) is 26.8. The number of aryl methyl sites for hydroxylation is 2. The second kappa shape index (κ2) is 8.88. The summed E-state index contributed by atoms with van der Waals surface area (Å²) in [6.45, 7) is 3.00. The first-order chi connectivity index (χ1) is 17.7. The summed E-state index contributed by atoms with van der Waals surface area (Å²) < 4.78 is 68.8. The van der Waals surface area contributed by atoms with Crippen LogP contribution in [0.15, 0.2) is 29.3 Å². The molecule has 38 heavy (non-hydrogen) atoms. The predicted octanol–water partition coefficient (Wildman–Crippen LogP) is 4.78. The van der Waals surface area contributed by atoms with E-state index in [2.05, 4.69) is 11.1 Å². The minimum atomic E-state index is -4.79. The highest BCUT2D eigenvalue weighted by atomic mass is 32.2. The molecular formula is C26H26F3N3O4S2. The van der Waals surface area contributed by atoms with E-state index in [-0.39, 0.29) is 30.6 Å². The maximum atomic E-state index is 13.8. The molecule has 5 rings (SSSR count). The first-order valence-electron chi connectivity index (χ1n) is 12.3. The Labute approximate surface area is 222 Å². The lowest BCUT2D eigenvalue weighted by molar-refractivity contribution is -0.199. The number of Topliss-reactive ketones (excluding diaryl/α,β-unsaturated/α-hetero) is 1. The lowest BCUT2D eigenvalue weighted by Crippen LogP contribution is -2.49. The van der Waals surface area contributed by atoms with Gasteiger partial charge in [0.25, 0.3) is 0 Å². The molecule has 0 radical (unpaired) electrons. The largest absolute Gasteiger partial charge is 0.403 e. The number of nitriles is 1. The molecule has 0 N–H and O–H groups in total. The van der Waals surface area contributed by atoms with Crippen LogP contribution in [0.25, 0.3) is 10.4 Å². The summed E-state index contributed by atoms with van der Waals surface area (Å²) >= 11 is 1.46. The molecule has 1 amide bonds. The van der Waals surface area contributed by atoms with E-state index in [0.717, 1.165) is 20.3 Å². The smallest absolute Gasteiger partial charge is 0.331 e. The maximum Gasteiger partial charge on any atom is 0.403 e. The van der Waals surface area contributed by atoms with Crippen molar-refractivity contribution < 1.29 is 31.2 Å². The van der Waals surface area contributed by atoms with Crippen LogP contribution in [0.1, 0.15) is 49.1 Å². The van der Waals surface area contributed by atoms with Crippen molar-refractivity contribution in [3.63, 3.8) is 0 Å². The van der Waals surface area contributed by atoms with Crippen molar-refractivity contribution in [3.8, 4) is 16.5 Å². The molecule has 0 unspecified atom stereocenters. The summed E-state index contributed by atoms with van der Waals surface area (Å²) in [5.74, 6) is -1.80. The summed E-state index contributed by atoms with van der Waals surface area (Å²) in [5, 5.41) is 9.02.